The van der Waals surface area contributed by atoms with Crippen molar-refractivity contribution in [2.75, 3.05) is 13.1 Å². The summed E-state index contributed by atoms with van der Waals surface area (Å²) in [6.45, 7) is 6.28. The van der Waals surface area contributed by atoms with Gasteiger partial charge in [0.1, 0.15) is 12.1 Å². The van der Waals surface area contributed by atoms with Gasteiger partial charge in [-0.1, -0.05) is 24.3 Å². The van der Waals surface area contributed by atoms with E-state index in [1.54, 1.807) is 0 Å². The van der Waals surface area contributed by atoms with Crippen molar-refractivity contribution in [1.29, 1.82) is 0 Å². The van der Waals surface area contributed by atoms with E-state index in [-0.39, 0.29) is 0 Å². The molecule has 3 saturated heterocycles. The minimum Gasteiger partial charge on any atom is -0.382 e. The molecule has 114 valence electrons. The number of aliphatic hydroxyl groups is 1. The van der Waals surface area contributed by atoms with Gasteiger partial charge in [0, 0.05) is 35.9 Å². The van der Waals surface area contributed by atoms with Crippen molar-refractivity contribution >= 4 is 10.9 Å². The Hall–Kier alpha value is -1.71. The molecule has 0 amide bonds. The van der Waals surface area contributed by atoms with Crippen molar-refractivity contribution in [2.24, 2.45) is 11.8 Å². The van der Waals surface area contributed by atoms with E-state index in [9.17, 15) is 5.11 Å². The summed E-state index contributed by atoms with van der Waals surface area (Å²) >= 11 is 0. The van der Waals surface area contributed by atoms with Gasteiger partial charge in [0.25, 0.3) is 0 Å². The molecule has 3 heteroatoms. The van der Waals surface area contributed by atoms with Crippen LogP contribution in [0, 0.1) is 11.8 Å². The fourth-order valence-corrected chi connectivity index (χ4v) is 4.39. The van der Waals surface area contributed by atoms with E-state index in [1.165, 1.54) is 17.9 Å². The molecule has 1 aromatic heterocycles. The van der Waals surface area contributed by atoms with Crippen LogP contribution in [0.5, 0.6) is 0 Å². The van der Waals surface area contributed by atoms with Crippen LogP contribution in [-0.2, 0) is 0 Å². The fourth-order valence-electron chi connectivity index (χ4n) is 4.39. The number of hydrogen-bond donors (Lipinski definition) is 2. The molecule has 3 aliphatic rings. The lowest BCUT2D eigenvalue weighted by Crippen LogP contribution is -3.20. The maximum Gasteiger partial charge on any atom is 0.132 e. The molecule has 22 heavy (non-hydrogen) atoms. The molecule has 5 atom stereocenters. The van der Waals surface area contributed by atoms with Gasteiger partial charge < -0.3 is 10.0 Å². The SMILES string of the molecule is C=C[C@@H]1C[NH+]2CC[C@@H]1C[C@@H]2[C@H](O)c1cnc2ccccc2c1. The number of hydrogen-bond acceptors (Lipinski definition) is 2. The number of fused-ring (bicyclic) bond motifs is 4. The summed E-state index contributed by atoms with van der Waals surface area (Å²) in [5.41, 5.74) is 1.95. The first-order valence-corrected chi connectivity index (χ1v) is 8.26. The van der Waals surface area contributed by atoms with E-state index in [4.69, 9.17) is 0 Å². The van der Waals surface area contributed by atoms with Gasteiger partial charge in [0.15, 0.2) is 0 Å². The Morgan fingerprint density at radius 3 is 3.00 bits per heavy atom. The van der Waals surface area contributed by atoms with Crippen molar-refractivity contribution in [1.82, 2.24) is 4.98 Å². The second-order valence-corrected chi connectivity index (χ2v) is 6.81. The first-order chi connectivity index (χ1) is 10.8. The third-order valence-electron chi connectivity index (χ3n) is 5.66. The molecule has 0 radical (unpaired) electrons. The van der Waals surface area contributed by atoms with E-state index >= 15 is 0 Å². The highest BCUT2D eigenvalue weighted by molar-refractivity contribution is 5.78. The Balaban J connectivity index is 1.61. The van der Waals surface area contributed by atoms with Crippen LogP contribution < -0.4 is 4.90 Å². The van der Waals surface area contributed by atoms with Crippen molar-refractivity contribution in [2.45, 2.75) is 25.0 Å². The van der Waals surface area contributed by atoms with Crippen LogP contribution in [-0.4, -0.2) is 29.2 Å². The molecule has 2 aromatic rings. The molecule has 2 bridgehead atoms. The van der Waals surface area contributed by atoms with Crippen LogP contribution in [0.1, 0.15) is 24.5 Å². The van der Waals surface area contributed by atoms with Crippen molar-refractivity contribution in [3.8, 4) is 0 Å². The molecule has 5 rings (SSSR count). The summed E-state index contributed by atoms with van der Waals surface area (Å²) in [5.74, 6) is 1.32. The quantitative estimate of drug-likeness (QED) is 0.847. The van der Waals surface area contributed by atoms with Crippen LogP contribution in [0.15, 0.2) is 49.2 Å². The molecule has 0 saturated carbocycles. The number of aliphatic hydroxyl groups excluding tert-OH is 1. The smallest absolute Gasteiger partial charge is 0.132 e. The summed E-state index contributed by atoms with van der Waals surface area (Å²) in [4.78, 5) is 6.04. The third kappa shape index (κ3) is 2.25. The van der Waals surface area contributed by atoms with Gasteiger partial charge in [0.2, 0.25) is 0 Å². The highest BCUT2D eigenvalue weighted by Gasteiger charge is 2.45. The summed E-state index contributed by atoms with van der Waals surface area (Å²) < 4.78 is 0. The second kappa shape index (κ2) is 5.49. The van der Waals surface area contributed by atoms with Gasteiger partial charge in [-0.25, -0.2) is 0 Å². The predicted molar refractivity (Wildman–Crippen MR) is 87.6 cm³/mol. The largest absolute Gasteiger partial charge is 0.382 e. The maximum atomic E-state index is 10.9. The molecule has 3 nitrogen and oxygen atoms in total. The van der Waals surface area contributed by atoms with E-state index < -0.39 is 6.10 Å². The van der Waals surface area contributed by atoms with Crippen LogP contribution in [0.2, 0.25) is 0 Å². The highest BCUT2D eigenvalue weighted by Crippen LogP contribution is 2.32. The molecule has 3 aliphatic heterocycles. The maximum absolute atomic E-state index is 10.9. The minimum atomic E-state index is -0.416. The van der Waals surface area contributed by atoms with Crippen LogP contribution >= 0.6 is 0 Å². The van der Waals surface area contributed by atoms with Crippen LogP contribution in [0.3, 0.4) is 0 Å². The van der Waals surface area contributed by atoms with Gasteiger partial charge in [-0.2, -0.15) is 0 Å². The average molecular weight is 295 g/mol. The van der Waals surface area contributed by atoms with Gasteiger partial charge in [0.05, 0.1) is 18.6 Å². The zero-order valence-corrected chi connectivity index (χ0v) is 12.8. The zero-order chi connectivity index (χ0) is 15.1. The lowest BCUT2D eigenvalue weighted by Gasteiger charge is -2.47. The molecular weight excluding hydrogens is 272 g/mol. The van der Waals surface area contributed by atoms with Gasteiger partial charge in [-0.05, 0) is 18.1 Å². The summed E-state index contributed by atoms with van der Waals surface area (Å²) in [7, 11) is 0. The average Bonchev–Trinajstić information content (AvgIpc) is 2.60. The minimum absolute atomic E-state index is 0.304. The second-order valence-electron chi connectivity index (χ2n) is 6.81. The van der Waals surface area contributed by atoms with Crippen molar-refractivity contribution in [3.05, 3.63) is 54.7 Å². The number of nitrogens with one attached hydrogen (secondary N) is 1. The lowest BCUT2D eigenvalue weighted by molar-refractivity contribution is -0.949. The Morgan fingerprint density at radius 1 is 1.36 bits per heavy atom. The Kier molecular flexibility index (Phi) is 3.47. The van der Waals surface area contributed by atoms with Crippen LogP contribution in [0.4, 0.5) is 0 Å². The molecule has 0 spiro atoms. The van der Waals surface area contributed by atoms with Gasteiger partial charge in [-0.3, -0.25) is 4.98 Å². The van der Waals surface area contributed by atoms with E-state index in [2.05, 4.69) is 29.8 Å². The fraction of sp³-hybridized carbons (Fsp3) is 0.421. The van der Waals surface area contributed by atoms with Crippen LogP contribution in [0.25, 0.3) is 10.9 Å². The normalized spacial score (nSPS) is 32.0. The lowest BCUT2D eigenvalue weighted by atomic mass is 9.74. The predicted octanol–water partition coefficient (Wildman–Crippen LogP) is 1.75. The summed E-state index contributed by atoms with van der Waals surface area (Å²) in [5, 5.41) is 12.0. The molecule has 3 fully saturated rings. The van der Waals surface area contributed by atoms with E-state index in [1.807, 2.05) is 24.4 Å². The number of para-hydroxylation sites is 1. The Bertz CT molecular complexity index is 699. The molecule has 0 aliphatic carbocycles. The standard InChI is InChI=1S/C19H22N2O/c1-2-13-12-21-8-7-14(13)10-18(21)19(22)16-9-15-5-3-4-6-17(15)20-11-16/h2-6,9,11,13-14,18-19,22H,1,7-8,10,12H2/p+1/t13-,14-,18-,19-/m1/s1. The molecule has 4 heterocycles. The molecular formula is C19H23N2O+. The zero-order valence-electron chi connectivity index (χ0n) is 12.8. The van der Waals surface area contributed by atoms with E-state index in [0.717, 1.165) is 29.4 Å². The number of pyridine rings is 1. The van der Waals surface area contributed by atoms with Crippen molar-refractivity contribution in [3.63, 3.8) is 0 Å². The molecule has 1 unspecified atom stereocenters. The first-order valence-electron chi connectivity index (χ1n) is 8.26. The number of aromatic nitrogens is 1. The van der Waals surface area contributed by atoms with Crippen molar-refractivity contribution < 1.29 is 10.0 Å². The monoisotopic (exact) mass is 295 g/mol. The number of benzene rings is 1. The Labute approximate surface area is 131 Å². The molecule has 2 N–H and O–H groups in total. The number of piperidine rings is 3. The summed E-state index contributed by atoms with van der Waals surface area (Å²) in [6.07, 6.45) is 5.91. The Morgan fingerprint density at radius 2 is 2.23 bits per heavy atom. The number of rotatable bonds is 3. The first kappa shape index (κ1) is 13.9. The highest BCUT2D eigenvalue weighted by atomic mass is 16.3. The number of nitrogens with zero attached hydrogens (tertiary/aromatic N) is 1. The molecule has 1 aromatic carbocycles. The summed E-state index contributed by atoms with van der Waals surface area (Å²) in [6, 6.07) is 10.5. The third-order valence-corrected chi connectivity index (χ3v) is 5.66. The topological polar surface area (TPSA) is 37.6 Å². The van der Waals surface area contributed by atoms with Gasteiger partial charge in [-0.15, -0.1) is 6.58 Å². The number of quaternary nitrogens is 1. The van der Waals surface area contributed by atoms with E-state index in [0.29, 0.717) is 17.9 Å². The van der Waals surface area contributed by atoms with Gasteiger partial charge >= 0.3 is 0 Å².